The Morgan fingerprint density at radius 2 is 0.487 bits per heavy atom. The lowest BCUT2D eigenvalue weighted by Gasteiger charge is -2.18. The quantitative estimate of drug-likeness (QED) is 0.0261. The molecule has 1 atom stereocenters. The van der Waals surface area contributed by atoms with Crippen molar-refractivity contribution in [1.29, 1.82) is 0 Å². The average molecular weight is 1110 g/mol. The lowest BCUT2D eigenvalue weighted by atomic mass is 10.0. The van der Waals surface area contributed by atoms with Crippen LogP contribution in [-0.2, 0) is 28.6 Å². The summed E-state index contributed by atoms with van der Waals surface area (Å²) in [4.78, 5) is 38.4. The zero-order valence-corrected chi connectivity index (χ0v) is 52.8. The van der Waals surface area contributed by atoms with Gasteiger partial charge in [-0.3, -0.25) is 14.4 Å². The molecular weight excluding hydrogens is 985 g/mol. The van der Waals surface area contributed by atoms with E-state index in [0.29, 0.717) is 19.3 Å². The van der Waals surface area contributed by atoms with Gasteiger partial charge in [0.25, 0.3) is 0 Å². The summed E-state index contributed by atoms with van der Waals surface area (Å²) < 4.78 is 16.9. The maximum absolute atomic E-state index is 12.9. The van der Waals surface area contributed by atoms with Crippen molar-refractivity contribution in [1.82, 2.24) is 0 Å². The first-order chi connectivity index (χ1) is 39.5. The number of rotatable bonds is 62. The Balaban J connectivity index is 4.41. The van der Waals surface area contributed by atoms with Crippen LogP contribution in [0.15, 0.2) is 97.2 Å². The van der Waals surface area contributed by atoms with E-state index >= 15 is 0 Å². The monoisotopic (exact) mass is 1110 g/mol. The Hall–Kier alpha value is -3.67. The summed E-state index contributed by atoms with van der Waals surface area (Å²) in [6.45, 7) is 6.54. The zero-order chi connectivity index (χ0) is 57.8. The Kier molecular flexibility index (Phi) is 64.7. The maximum Gasteiger partial charge on any atom is 0.306 e. The third-order valence-corrected chi connectivity index (χ3v) is 14.9. The van der Waals surface area contributed by atoms with Crippen LogP contribution in [0, 0.1) is 0 Å². The van der Waals surface area contributed by atoms with Crippen molar-refractivity contribution >= 4 is 17.9 Å². The highest BCUT2D eigenvalue weighted by atomic mass is 16.6. The van der Waals surface area contributed by atoms with Gasteiger partial charge in [-0.15, -0.1) is 0 Å². The van der Waals surface area contributed by atoms with E-state index in [-0.39, 0.29) is 31.1 Å². The number of carbonyl (C=O) groups is 3. The van der Waals surface area contributed by atoms with E-state index in [4.69, 9.17) is 14.2 Å². The van der Waals surface area contributed by atoms with E-state index in [0.717, 1.165) is 109 Å². The number of unbranched alkanes of at least 4 members (excludes halogenated alkanes) is 35. The number of hydrogen-bond acceptors (Lipinski definition) is 6. The topological polar surface area (TPSA) is 78.9 Å². The number of carbonyl (C=O) groups excluding carboxylic acids is 3. The molecule has 1 unspecified atom stereocenters. The third kappa shape index (κ3) is 65.1. The Morgan fingerprint density at radius 3 is 0.762 bits per heavy atom. The fourth-order valence-corrected chi connectivity index (χ4v) is 9.76. The molecule has 0 radical (unpaired) electrons. The largest absolute Gasteiger partial charge is 0.462 e. The highest BCUT2D eigenvalue weighted by Gasteiger charge is 2.19. The number of allylic oxidation sites excluding steroid dienone is 16. The second kappa shape index (κ2) is 67.8. The first kappa shape index (κ1) is 76.3. The van der Waals surface area contributed by atoms with Crippen molar-refractivity contribution in [2.45, 2.75) is 341 Å². The van der Waals surface area contributed by atoms with Crippen LogP contribution in [0.1, 0.15) is 335 Å². The van der Waals surface area contributed by atoms with Crippen LogP contribution in [-0.4, -0.2) is 37.2 Å². The summed E-state index contributed by atoms with van der Waals surface area (Å²) in [7, 11) is 0. The van der Waals surface area contributed by atoms with Gasteiger partial charge in [0.15, 0.2) is 6.10 Å². The maximum atomic E-state index is 12.9. The SMILES string of the molecule is CC/C=C\C/C=C\C/C=C\C/C=C\C/C=C\C/C=C\C/C=C\C/C=C\CCCCC(=O)OCC(COC(=O)CCCCCCCCCCCCCCCCC)OC(=O)CCCCCCCCCCCCCCCCCCCCCC. The Labute approximate surface area is 496 Å². The molecule has 80 heavy (non-hydrogen) atoms. The van der Waals surface area contributed by atoms with E-state index in [1.807, 2.05) is 0 Å². The third-order valence-electron chi connectivity index (χ3n) is 14.9. The first-order valence-corrected chi connectivity index (χ1v) is 34.2. The van der Waals surface area contributed by atoms with Crippen molar-refractivity contribution < 1.29 is 28.6 Å². The molecule has 0 aromatic rings. The zero-order valence-electron chi connectivity index (χ0n) is 52.8. The molecule has 0 aliphatic rings. The summed E-state index contributed by atoms with van der Waals surface area (Å²) in [5, 5.41) is 0. The van der Waals surface area contributed by atoms with Gasteiger partial charge in [0.1, 0.15) is 13.2 Å². The van der Waals surface area contributed by atoms with E-state index < -0.39 is 6.10 Å². The van der Waals surface area contributed by atoms with Crippen LogP contribution in [0.4, 0.5) is 0 Å². The molecular formula is C74H128O6. The molecule has 0 bridgehead atoms. The number of ether oxygens (including phenoxy) is 3. The van der Waals surface area contributed by atoms with Crippen molar-refractivity contribution in [2.75, 3.05) is 13.2 Å². The molecule has 0 fully saturated rings. The van der Waals surface area contributed by atoms with Gasteiger partial charge in [-0.1, -0.05) is 330 Å². The van der Waals surface area contributed by atoms with E-state index in [9.17, 15) is 14.4 Å². The van der Waals surface area contributed by atoms with Crippen molar-refractivity contribution in [3.05, 3.63) is 97.2 Å². The second-order valence-corrected chi connectivity index (χ2v) is 22.7. The molecule has 0 rings (SSSR count). The summed E-state index contributed by atoms with van der Waals surface area (Å²) in [5.74, 6) is -0.914. The molecule has 0 saturated carbocycles. The molecule has 0 aliphatic carbocycles. The highest BCUT2D eigenvalue weighted by Crippen LogP contribution is 2.17. The van der Waals surface area contributed by atoms with Crippen LogP contribution in [0.5, 0.6) is 0 Å². The summed E-state index contributed by atoms with van der Waals surface area (Å²) >= 11 is 0. The van der Waals surface area contributed by atoms with Crippen molar-refractivity contribution in [2.24, 2.45) is 0 Å². The van der Waals surface area contributed by atoms with E-state index in [1.54, 1.807) is 0 Å². The summed E-state index contributed by atoms with van der Waals surface area (Å²) in [5.41, 5.74) is 0. The predicted molar refractivity (Wildman–Crippen MR) is 348 cm³/mol. The molecule has 0 heterocycles. The fourth-order valence-electron chi connectivity index (χ4n) is 9.76. The highest BCUT2D eigenvalue weighted by molar-refractivity contribution is 5.71. The minimum atomic E-state index is -0.795. The van der Waals surface area contributed by atoms with Gasteiger partial charge in [-0.2, -0.15) is 0 Å². The first-order valence-electron chi connectivity index (χ1n) is 34.2. The molecule has 6 heteroatoms. The van der Waals surface area contributed by atoms with Crippen LogP contribution in [0.2, 0.25) is 0 Å². The molecule has 460 valence electrons. The lowest BCUT2D eigenvalue weighted by molar-refractivity contribution is -0.167. The summed E-state index contributed by atoms with van der Waals surface area (Å²) in [6.07, 6.45) is 91.4. The summed E-state index contributed by atoms with van der Waals surface area (Å²) in [6, 6.07) is 0. The van der Waals surface area contributed by atoms with Crippen LogP contribution >= 0.6 is 0 Å². The number of hydrogen-bond donors (Lipinski definition) is 0. The standard InChI is InChI=1S/C74H128O6/c1-4-7-10-13-16-19-22-25-28-30-32-34-35-36-37-38-39-40-42-43-46-49-52-55-58-61-64-67-73(76)79-70-71(69-78-72(75)66-63-60-57-54-51-48-45-27-24-21-18-15-12-9-6-3)80-74(77)68-65-62-59-56-53-50-47-44-41-33-31-29-26-23-20-17-14-11-8-5-2/h7,10,16,19,25,28,32,34,36-37,39-40,43,46,52,55,71H,4-6,8-9,11-15,17-18,20-24,26-27,29-31,33,35,38,41-42,44-45,47-51,53-54,56-70H2,1-3H3/b10-7-,19-16-,28-25-,34-32-,37-36-,40-39-,46-43-,55-52-. The van der Waals surface area contributed by atoms with E-state index in [2.05, 4.69) is 118 Å². The lowest BCUT2D eigenvalue weighted by Crippen LogP contribution is -2.30. The molecule has 0 spiro atoms. The second-order valence-electron chi connectivity index (χ2n) is 22.7. The Bertz CT molecular complexity index is 1560. The van der Waals surface area contributed by atoms with Crippen molar-refractivity contribution in [3.63, 3.8) is 0 Å². The van der Waals surface area contributed by atoms with Gasteiger partial charge in [0, 0.05) is 19.3 Å². The van der Waals surface area contributed by atoms with Gasteiger partial charge in [-0.25, -0.2) is 0 Å². The molecule has 0 aromatic carbocycles. The van der Waals surface area contributed by atoms with Gasteiger partial charge in [-0.05, 0) is 83.5 Å². The van der Waals surface area contributed by atoms with E-state index in [1.165, 1.54) is 186 Å². The van der Waals surface area contributed by atoms with Crippen LogP contribution in [0.25, 0.3) is 0 Å². The fraction of sp³-hybridized carbons (Fsp3) is 0.743. The Morgan fingerprint density at radius 1 is 0.263 bits per heavy atom. The van der Waals surface area contributed by atoms with Crippen molar-refractivity contribution in [3.8, 4) is 0 Å². The minimum Gasteiger partial charge on any atom is -0.462 e. The molecule has 0 amide bonds. The van der Waals surface area contributed by atoms with Gasteiger partial charge in [0.05, 0.1) is 0 Å². The molecule has 0 N–H and O–H groups in total. The van der Waals surface area contributed by atoms with Crippen LogP contribution < -0.4 is 0 Å². The molecule has 0 saturated heterocycles. The average Bonchev–Trinajstić information content (AvgIpc) is 3.46. The minimum absolute atomic E-state index is 0.0868. The molecule has 6 nitrogen and oxygen atoms in total. The molecule has 0 aliphatic heterocycles. The van der Waals surface area contributed by atoms with Gasteiger partial charge >= 0.3 is 17.9 Å². The van der Waals surface area contributed by atoms with Gasteiger partial charge in [0.2, 0.25) is 0 Å². The van der Waals surface area contributed by atoms with Crippen LogP contribution in [0.3, 0.4) is 0 Å². The molecule has 0 aromatic heterocycles. The normalized spacial score (nSPS) is 12.7. The smallest absolute Gasteiger partial charge is 0.306 e. The number of esters is 3. The van der Waals surface area contributed by atoms with Gasteiger partial charge < -0.3 is 14.2 Å². The predicted octanol–water partition coefficient (Wildman–Crippen LogP) is 23.6.